The van der Waals surface area contributed by atoms with Gasteiger partial charge in [0.15, 0.2) is 0 Å². The van der Waals surface area contributed by atoms with Crippen LogP contribution in [0.15, 0.2) is 59.5 Å². The molecule has 0 aliphatic rings. The average Bonchev–Trinajstić information content (AvgIpc) is 2.38. The summed E-state index contributed by atoms with van der Waals surface area (Å²) in [6, 6.07) is 18.0. The summed E-state index contributed by atoms with van der Waals surface area (Å²) in [4.78, 5) is 1.64. The molecule has 0 radical (unpaired) electrons. The van der Waals surface area contributed by atoms with Crippen LogP contribution in [-0.4, -0.2) is 4.99 Å². The zero-order chi connectivity index (χ0) is 12.1. The monoisotopic (exact) mass is 259 g/mol. The minimum Gasteiger partial charge on any atom is -0.372 e. The molecule has 0 heterocycles. The van der Waals surface area contributed by atoms with Crippen LogP contribution in [-0.2, 0) is 6.54 Å². The number of hydrogen-bond donors (Lipinski definition) is 2. The maximum atomic E-state index is 5.35. The number of thiol groups is 1. The topological polar surface area (TPSA) is 12.0 Å². The van der Waals surface area contributed by atoms with E-state index >= 15 is 0 Å². The van der Waals surface area contributed by atoms with Crippen molar-refractivity contribution in [3.63, 3.8) is 0 Å². The molecule has 0 fully saturated rings. The Hall–Kier alpha value is -1.32. The molecule has 86 valence electrons. The molecule has 0 spiro atoms. The van der Waals surface area contributed by atoms with Crippen molar-refractivity contribution in [2.45, 2.75) is 11.4 Å². The van der Waals surface area contributed by atoms with Gasteiger partial charge in [-0.25, -0.2) is 0 Å². The van der Waals surface area contributed by atoms with Crippen LogP contribution >= 0.6 is 24.8 Å². The Labute approximate surface area is 112 Å². The molecule has 3 heteroatoms. The van der Waals surface area contributed by atoms with Crippen LogP contribution in [0.4, 0.5) is 0 Å². The van der Waals surface area contributed by atoms with Crippen LogP contribution in [0.25, 0.3) is 0 Å². The Morgan fingerprint density at radius 3 is 2.35 bits per heavy atom. The van der Waals surface area contributed by atoms with Gasteiger partial charge < -0.3 is 5.32 Å². The molecule has 0 atom stereocenters. The maximum absolute atomic E-state index is 5.35. The summed E-state index contributed by atoms with van der Waals surface area (Å²) in [5.41, 5.74) is 2.19. The van der Waals surface area contributed by atoms with Crippen molar-refractivity contribution in [2.24, 2.45) is 0 Å². The predicted molar refractivity (Wildman–Crippen MR) is 78.7 cm³/mol. The van der Waals surface area contributed by atoms with Crippen molar-refractivity contribution in [2.75, 3.05) is 0 Å². The van der Waals surface area contributed by atoms with Crippen LogP contribution < -0.4 is 5.32 Å². The maximum Gasteiger partial charge on any atom is 0.107 e. The van der Waals surface area contributed by atoms with Gasteiger partial charge in [0.25, 0.3) is 0 Å². The van der Waals surface area contributed by atoms with Crippen LogP contribution in [0, 0.1) is 0 Å². The molecule has 2 aromatic rings. The Balaban J connectivity index is 2.01. The van der Waals surface area contributed by atoms with Gasteiger partial charge in [-0.1, -0.05) is 60.7 Å². The molecule has 0 unspecified atom stereocenters. The molecule has 0 saturated carbocycles. The van der Waals surface area contributed by atoms with Crippen molar-refractivity contribution < 1.29 is 0 Å². The summed E-state index contributed by atoms with van der Waals surface area (Å²) in [5.74, 6) is 0. The third kappa shape index (κ3) is 3.32. The van der Waals surface area contributed by atoms with E-state index in [9.17, 15) is 0 Å². The first-order chi connectivity index (χ1) is 8.27. The SMILES string of the molecule is S=C(NCc1ccccc1)c1ccccc1S. The van der Waals surface area contributed by atoms with E-state index in [1.807, 2.05) is 42.5 Å². The Morgan fingerprint density at radius 1 is 1.00 bits per heavy atom. The van der Waals surface area contributed by atoms with Crippen LogP contribution in [0.2, 0.25) is 0 Å². The Bertz CT molecular complexity index is 509. The van der Waals surface area contributed by atoms with E-state index < -0.39 is 0 Å². The van der Waals surface area contributed by atoms with Crippen molar-refractivity contribution in [3.05, 3.63) is 65.7 Å². The van der Waals surface area contributed by atoms with Crippen molar-refractivity contribution in [3.8, 4) is 0 Å². The normalized spacial score (nSPS) is 9.94. The van der Waals surface area contributed by atoms with E-state index in [4.69, 9.17) is 12.2 Å². The lowest BCUT2D eigenvalue weighted by atomic mass is 10.2. The molecule has 1 N–H and O–H groups in total. The van der Waals surface area contributed by atoms with Gasteiger partial charge in [-0.05, 0) is 11.6 Å². The summed E-state index contributed by atoms with van der Waals surface area (Å²) in [6.45, 7) is 0.738. The zero-order valence-corrected chi connectivity index (χ0v) is 11.0. The lowest BCUT2D eigenvalue weighted by molar-refractivity contribution is 0.926. The third-order valence-electron chi connectivity index (χ3n) is 2.44. The van der Waals surface area contributed by atoms with E-state index in [-0.39, 0.29) is 0 Å². The molecule has 0 amide bonds. The number of benzene rings is 2. The standard InChI is InChI=1S/C14H13NS2/c16-13-9-5-4-8-12(13)14(17)15-10-11-6-2-1-3-7-11/h1-9,16H,10H2,(H,15,17). The highest BCUT2D eigenvalue weighted by atomic mass is 32.1. The van der Waals surface area contributed by atoms with Crippen molar-refractivity contribution in [1.29, 1.82) is 0 Å². The van der Waals surface area contributed by atoms with Crippen LogP contribution in [0.5, 0.6) is 0 Å². The van der Waals surface area contributed by atoms with Crippen molar-refractivity contribution >= 4 is 29.8 Å². The molecule has 1 nitrogen and oxygen atoms in total. The van der Waals surface area contributed by atoms with Crippen LogP contribution in [0.1, 0.15) is 11.1 Å². The van der Waals surface area contributed by atoms with Crippen molar-refractivity contribution in [1.82, 2.24) is 5.32 Å². The number of hydrogen-bond acceptors (Lipinski definition) is 2. The van der Waals surface area contributed by atoms with Gasteiger partial charge in [-0.2, -0.15) is 0 Å². The largest absolute Gasteiger partial charge is 0.372 e. The van der Waals surface area contributed by atoms with E-state index in [1.54, 1.807) is 0 Å². The number of nitrogens with one attached hydrogen (secondary N) is 1. The summed E-state index contributed by atoms with van der Waals surface area (Å²) >= 11 is 9.74. The fourth-order valence-corrected chi connectivity index (χ4v) is 2.14. The van der Waals surface area contributed by atoms with Gasteiger partial charge in [0.2, 0.25) is 0 Å². The van der Waals surface area contributed by atoms with E-state index in [1.165, 1.54) is 5.56 Å². The first kappa shape index (κ1) is 12.1. The molecule has 0 aromatic heterocycles. The molecular weight excluding hydrogens is 246 g/mol. The second-order valence-electron chi connectivity index (χ2n) is 3.69. The molecule has 2 aromatic carbocycles. The second-order valence-corrected chi connectivity index (χ2v) is 4.58. The fraction of sp³-hybridized carbons (Fsp3) is 0.0714. The summed E-state index contributed by atoms with van der Waals surface area (Å²) < 4.78 is 0. The van der Waals surface area contributed by atoms with Gasteiger partial charge in [0, 0.05) is 17.0 Å². The van der Waals surface area contributed by atoms with E-state index in [0.717, 1.165) is 22.0 Å². The van der Waals surface area contributed by atoms with Crippen LogP contribution in [0.3, 0.4) is 0 Å². The lowest BCUT2D eigenvalue weighted by Crippen LogP contribution is -2.22. The molecule has 17 heavy (non-hydrogen) atoms. The van der Waals surface area contributed by atoms with E-state index in [0.29, 0.717) is 0 Å². The molecule has 0 saturated heterocycles. The number of rotatable bonds is 3. The molecule has 2 rings (SSSR count). The minimum atomic E-state index is 0.736. The Morgan fingerprint density at radius 2 is 1.65 bits per heavy atom. The van der Waals surface area contributed by atoms with Gasteiger partial charge in [-0.15, -0.1) is 12.6 Å². The van der Waals surface area contributed by atoms with Gasteiger partial charge in [-0.3, -0.25) is 0 Å². The van der Waals surface area contributed by atoms with Gasteiger partial charge >= 0.3 is 0 Å². The molecular formula is C14H13NS2. The molecule has 0 bridgehead atoms. The average molecular weight is 259 g/mol. The summed E-state index contributed by atoms with van der Waals surface area (Å²) in [5, 5.41) is 3.24. The molecule has 0 aliphatic heterocycles. The summed E-state index contributed by atoms with van der Waals surface area (Å²) in [7, 11) is 0. The second kappa shape index (κ2) is 5.84. The first-order valence-corrected chi connectivity index (χ1v) is 6.23. The third-order valence-corrected chi connectivity index (χ3v) is 3.20. The fourth-order valence-electron chi connectivity index (χ4n) is 1.54. The smallest absolute Gasteiger partial charge is 0.107 e. The number of thiocarbonyl (C=S) groups is 1. The highest BCUT2D eigenvalue weighted by Gasteiger charge is 2.03. The van der Waals surface area contributed by atoms with E-state index in [2.05, 4.69) is 30.1 Å². The minimum absolute atomic E-state index is 0.736. The zero-order valence-electron chi connectivity index (χ0n) is 9.26. The quantitative estimate of drug-likeness (QED) is 0.647. The lowest BCUT2D eigenvalue weighted by Gasteiger charge is -2.09. The predicted octanol–water partition coefficient (Wildman–Crippen LogP) is 3.44. The molecule has 0 aliphatic carbocycles. The highest BCUT2D eigenvalue weighted by Crippen LogP contribution is 2.13. The first-order valence-electron chi connectivity index (χ1n) is 5.37. The van der Waals surface area contributed by atoms with Gasteiger partial charge in [0.1, 0.15) is 4.99 Å². The summed E-state index contributed by atoms with van der Waals surface area (Å²) in [6.07, 6.45) is 0. The Kier molecular flexibility index (Phi) is 4.18. The van der Waals surface area contributed by atoms with Gasteiger partial charge in [0.05, 0.1) is 0 Å². The highest BCUT2D eigenvalue weighted by molar-refractivity contribution is 7.81.